The fourth-order valence-corrected chi connectivity index (χ4v) is 11.6. The minimum absolute atomic E-state index is 0.123. The van der Waals surface area contributed by atoms with Crippen LogP contribution in [0.5, 0.6) is 0 Å². The van der Waals surface area contributed by atoms with Crippen LogP contribution in [0.4, 0.5) is 34.1 Å². The van der Waals surface area contributed by atoms with Crippen LogP contribution in [0.1, 0.15) is 5.56 Å². The quantitative estimate of drug-likeness (QED) is 0.165. The lowest BCUT2D eigenvalue weighted by Crippen LogP contribution is -2.61. The Morgan fingerprint density at radius 1 is 0.509 bits per heavy atom. The number of furan rings is 1. The van der Waals surface area contributed by atoms with Crippen molar-refractivity contribution in [1.29, 1.82) is 0 Å². The predicted molar refractivity (Wildman–Crippen MR) is 241 cm³/mol. The molecule has 14 rings (SSSR count). The van der Waals surface area contributed by atoms with Gasteiger partial charge in [-0.3, -0.25) is 0 Å². The van der Waals surface area contributed by atoms with Crippen molar-refractivity contribution in [2.24, 2.45) is 0 Å². The van der Waals surface area contributed by atoms with Crippen molar-refractivity contribution in [2.45, 2.75) is 6.92 Å². The van der Waals surface area contributed by atoms with Crippen LogP contribution < -0.4 is 26.4 Å². The lowest BCUT2D eigenvalue weighted by molar-refractivity contribution is 0.651. The largest absolute Gasteiger partial charge is 0.468 e. The van der Waals surface area contributed by atoms with E-state index in [9.17, 15) is 0 Å². The summed E-state index contributed by atoms with van der Waals surface area (Å²) in [5.74, 6) is 0. The third-order valence-corrected chi connectivity index (χ3v) is 13.8. The Bertz CT molecular complexity index is 3580. The number of hydrogen-bond donors (Lipinski definition) is 0. The van der Waals surface area contributed by atoms with E-state index >= 15 is 0 Å². The lowest BCUT2D eigenvalue weighted by atomic mass is 9.35. The standard InChI is InChI=1S/C51H30BN3OS/c1-29-26-41-47-42(27-29)55-39-20-9-16-33-32-14-5-7-18-37(32)53(48(33)39)40-21-10-17-36(50(40)55)52(47)51-49(35-28-31(24-25-43(35)56-51)30-12-3-2-4-13-30)54(41)38-19-11-23-45-46(38)34-15-6-8-22-44(34)57-45/h2-28H,1H3. The molecule has 6 heterocycles. The molecule has 0 aliphatic carbocycles. The minimum Gasteiger partial charge on any atom is -0.468 e. The molecule has 3 aromatic heterocycles. The molecule has 0 spiro atoms. The van der Waals surface area contributed by atoms with Gasteiger partial charge in [0, 0.05) is 47.7 Å². The van der Waals surface area contributed by atoms with Crippen LogP contribution in [0.2, 0.25) is 0 Å². The number of aromatic nitrogens is 1. The zero-order chi connectivity index (χ0) is 37.1. The van der Waals surface area contributed by atoms with Gasteiger partial charge < -0.3 is 18.8 Å². The van der Waals surface area contributed by atoms with E-state index in [1.54, 1.807) is 0 Å². The van der Waals surface area contributed by atoms with Gasteiger partial charge in [-0.05, 0) is 95.2 Å². The topological polar surface area (TPSA) is 24.6 Å². The van der Waals surface area contributed by atoms with Crippen molar-refractivity contribution in [1.82, 2.24) is 4.57 Å². The Morgan fingerprint density at radius 3 is 2.11 bits per heavy atom. The number of aryl methyl sites for hydroxylation is 1. The SMILES string of the molecule is Cc1cc2c3c(c1)N1c4c(cccc4-n4c5ccccc5c5cccc1c54)B3c1oc3ccc(-c4ccccc4)cc3c1N2c1cccc2sc3ccccc3c12. The normalized spacial score (nSPS) is 13.6. The van der Waals surface area contributed by atoms with Crippen molar-refractivity contribution in [3.05, 3.63) is 169 Å². The molecule has 0 bridgehead atoms. The van der Waals surface area contributed by atoms with Crippen molar-refractivity contribution in [3.63, 3.8) is 0 Å². The maximum Gasteiger partial charge on any atom is 0.297 e. The summed E-state index contributed by atoms with van der Waals surface area (Å²) in [4.78, 5) is 5.12. The van der Waals surface area contributed by atoms with Gasteiger partial charge in [-0.15, -0.1) is 11.3 Å². The van der Waals surface area contributed by atoms with Gasteiger partial charge in [0.25, 0.3) is 6.71 Å². The van der Waals surface area contributed by atoms with Gasteiger partial charge in [0.05, 0.1) is 45.1 Å². The maximum absolute atomic E-state index is 7.30. The van der Waals surface area contributed by atoms with Gasteiger partial charge in [-0.1, -0.05) is 103 Å². The highest BCUT2D eigenvalue weighted by molar-refractivity contribution is 7.26. The van der Waals surface area contributed by atoms with Crippen LogP contribution in [-0.4, -0.2) is 11.3 Å². The van der Waals surface area contributed by atoms with E-state index in [-0.39, 0.29) is 6.71 Å². The molecule has 0 radical (unpaired) electrons. The first kappa shape index (κ1) is 30.2. The number of para-hydroxylation sites is 3. The number of fused-ring (bicyclic) bond motifs is 14. The third kappa shape index (κ3) is 3.74. The number of benzene rings is 8. The zero-order valence-electron chi connectivity index (χ0n) is 30.8. The van der Waals surface area contributed by atoms with E-state index in [1.165, 1.54) is 104 Å². The van der Waals surface area contributed by atoms with Crippen molar-refractivity contribution in [3.8, 4) is 16.8 Å². The van der Waals surface area contributed by atoms with Crippen LogP contribution in [-0.2, 0) is 0 Å². The van der Waals surface area contributed by atoms with Crippen molar-refractivity contribution >= 4 is 122 Å². The number of nitrogens with zero attached hydrogens (tertiary/aromatic N) is 3. The predicted octanol–water partition coefficient (Wildman–Crippen LogP) is 12.3. The van der Waals surface area contributed by atoms with Crippen LogP contribution in [0.3, 0.4) is 0 Å². The highest BCUT2D eigenvalue weighted by Gasteiger charge is 2.49. The van der Waals surface area contributed by atoms with Gasteiger partial charge in [0.15, 0.2) is 0 Å². The number of hydrogen-bond acceptors (Lipinski definition) is 4. The van der Waals surface area contributed by atoms with Crippen molar-refractivity contribution < 1.29 is 4.42 Å². The Kier molecular flexibility index (Phi) is 5.64. The first-order valence-corrected chi connectivity index (χ1v) is 20.5. The van der Waals surface area contributed by atoms with Crippen LogP contribution >= 0.6 is 11.3 Å². The minimum atomic E-state index is -0.123. The summed E-state index contributed by atoms with van der Waals surface area (Å²) in [7, 11) is 0. The molecular weight excluding hydrogens is 713 g/mol. The second-order valence-corrected chi connectivity index (χ2v) is 16.8. The van der Waals surface area contributed by atoms with Gasteiger partial charge in [0.1, 0.15) is 5.58 Å². The first-order chi connectivity index (χ1) is 28.2. The summed E-state index contributed by atoms with van der Waals surface area (Å²) in [6, 6.07) is 60.5. The monoisotopic (exact) mass is 743 g/mol. The summed E-state index contributed by atoms with van der Waals surface area (Å²) >= 11 is 1.87. The van der Waals surface area contributed by atoms with Crippen LogP contribution in [0, 0.1) is 6.92 Å². The van der Waals surface area contributed by atoms with Crippen molar-refractivity contribution in [2.75, 3.05) is 9.80 Å². The molecule has 11 aromatic rings. The number of thiophene rings is 1. The van der Waals surface area contributed by atoms with E-state index in [0.29, 0.717) is 0 Å². The molecule has 3 aliphatic rings. The van der Waals surface area contributed by atoms with Gasteiger partial charge in [-0.2, -0.15) is 0 Å². The molecule has 8 aromatic carbocycles. The van der Waals surface area contributed by atoms with Gasteiger partial charge >= 0.3 is 0 Å². The highest BCUT2D eigenvalue weighted by Crippen LogP contribution is 2.54. The molecular formula is C51H30BN3OS. The van der Waals surface area contributed by atoms with E-state index < -0.39 is 0 Å². The number of rotatable bonds is 2. The Balaban J connectivity index is 1.15. The molecule has 264 valence electrons. The summed E-state index contributed by atoms with van der Waals surface area (Å²) in [5, 5.41) is 6.22. The molecule has 3 aliphatic heterocycles. The van der Waals surface area contributed by atoms with Crippen LogP contribution in [0.25, 0.3) is 69.8 Å². The van der Waals surface area contributed by atoms with Gasteiger partial charge in [0.2, 0.25) is 0 Å². The van der Waals surface area contributed by atoms with Gasteiger partial charge in [-0.25, -0.2) is 0 Å². The molecule has 0 amide bonds. The first-order valence-electron chi connectivity index (χ1n) is 19.6. The van der Waals surface area contributed by atoms with E-state index in [2.05, 4.69) is 185 Å². The second-order valence-electron chi connectivity index (χ2n) is 15.7. The summed E-state index contributed by atoms with van der Waals surface area (Å²) in [6.45, 7) is 2.13. The average molecular weight is 744 g/mol. The smallest absolute Gasteiger partial charge is 0.297 e. The molecule has 0 unspecified atom stereocenters. The summed E-state index contributed by atoms with van der Waals surface area (Å²) < 4.78 is 12.4. The second kappa shape index (κ2) is 10.6. The molecule has 57 heavy (non-hydrogen) atoms. The molecule has 0 saturated heterocycles. The fourth-order valence-electron chi connectivity index (χ4n) is 10.5. The number of anilines is 6. The highest BCUT2D eigenvalue weighted by atomic mass is 32.1. The zero-order valence-corrected chi connectivity index (χ0v) is 31.6. The van der Waals surface area contributed by atoms with Crippen LogP contribution in [0.15, 0.2) is 168 Å². The molecule has 4 nitrogen and oxygen atoms in total. The lowest BCUT2D eigenvalue weighted by Gasteiger charge is -2.45. The summed E-state index contributed by atoms with van der Waals surface area (Å²) in [5.41, 5.74) is 18.8. The molecule has 0 atom stereocenters. The van der Waals surface area contributed by atoms with E-state index in [0.717, 1.165) is 22.3 Å². The van der Waals surface area contributed by atoms with E-state index in [1.807, 2.05) is 11.3 Å². The molecule has 0 saturated carbocycles. The molecule has 6 heteroatoms. The molecule has 0 N–H and O–H groups in total. The molecule has 0 fully saturated rings. The Hall–Kier alpha value is -7.02. The summed E-state index contributed by atoms with van der Waals surface area (Å²) in [6.07, 6.45) is 0. The van der Waals surface area contributed by atoms with E-state index in [4.69, 9.17) is 4.42 Å². The average Bonchev–Trinajstić information content (AvgIpc) is 3.94. The third-order valence-electron chi connectivity index (χ3n) is 12.7. The fraction of sp³-hybridized carbons (Fsp3) is 0.0196. The Labute approximate surface area is 332 Å². The maximum atomic E-state index is 7.30. The Morgan fingerprint density at radius 2 is 1.21 bits per heavy atom.